The normalized spacial score (nSPS) is 16.3. The molecule has 4 heteroatoms. The SMILES string of the molecule is ClNc1ccc2cc(CN3CCCC3)cnc2c1. The van der Waals surface area contributed by atoms with Crippen LogP contribution in [0.4, 0.5) is 5.69 Å². The van der Waals surface area contributed by atoms with Crippen LogP contribution in [0.2, 0.25) is 0 Å². The third kappa shape index (κ3) is 2.42. The summed E-state index contributed by atoms with van der Waals surface area (Å²) in [7, 11) is 0. The third-order valence-corrected chi connectivity index (χ3v) is 3.67. The second-order valence-corrected chi connectivity index (χ2v) is 5.02. The minimum Gasteiger partial charge on any atom is -0.299 e. The van der Waals surface area contributed by atoms with Crippen LogP contribution in [0, 0.1) is 0 Å². The van der Waals surface area contributed by atoms with Crippen LogP contribution in [0.15, 0.2) is 30.5 Å². The van der Waals surface area contributed by atoms with Crippen LogP contribution in [-0.2, 0) is 6.54 Å². The lowest BCUT2D eigenvalue weighted by molar-refractivity contribution is 0.331. The van der Waals surface area contributed by atoms with Gasteiger partial charge in [0.15, 0.2) is 0 Å². The van der Waals surface area contributed by atoms with Crippen molar-refractivity contribution >= 4 is 28.4 Å². The Morgan fingerprint density at radius 2 is 2.06 bits per heavy atom. The van der Waals surface area contributed by atoms with Crippen molar-refractivity contribution in [2.75, 3.05) is 17.9 Å². The molecule has 0 bridgehead atoms. The number of nitrogens with one attached hydrogen (secondary N) is 1. The fourth-order valence-corrected chi connectivity index (χ4v) is 2.63. The summed E-state index contributed by atoms with van der Waals surface area (Å²) in [5, 5.41) is 1.17. The highest BCUT2D eigenvalue weighted by Crippen LogP contribution is 2.20. The molecule has 1 saturated heterocycles. The number of pyridine rings is 1. The van der Waals surface area contributed by atoms with Crippen molar-refractivity contribution in [3.63, 3.8) is 0 Å². The second kappa shape index (κ2) is 5.12. The Morgan fingerprint density at radius 1 is 1.22 bits per heavy atom. The van der Waals surface area contributed by atoms with E-state index in [1.165, 1.54) is 36.9 Å². The van der Waals surface area contributed by atoms with Crippen molar-refractivity contribution in [3.05, 3.63) is 36.0 Å². The van der Waals surface area contributed by atoms with Gasteiger partial charge in [0.2, 0.25) is 0 Å². The molecule has 1 aromatic carbocycles. The Labute approximate surface area is 112 Å². The molecular weight excluding hydrogens is 246 g/mol. The van der Waals surface area contributed by atoms with Crippen molar-refractivity contribution in [1.29, 1.82) is 0 Å². The number of hydrogen-bond donors (Lipinski definition) is 1. The predicted octanol–water partition coefficient (Wildman–Crippen LogP) is 3.40. The van der Waals surface area contributed by atoms with E-state index in [9.17, 15) is 0 Å². The number of benzene rings is 1. The fourth-order valence-electron chi connectivity index (χ4n) is 2.51. The van der Waals surface area contributed by atoms with Gasteiger partial charge in [0, 0.05) is 29.9 Å². The van der Waals surface area contributed by atoms with Gasteiger partial charge >= 0.3 is 0 Å². The van der Waals surface area contributed by atoms with E-state index in [1.807, 2.05) is 18.3 Å². The summed E-state index contributed by atoms with van der Waals surface area (Å²) in [5.74, 6) is 0. The molecule has 0 radical (unpaired) electrons. The quantitative estimate of drug-likeness (QED) is 0.859. The molecule has 3 rings (SSSR count). The molecule has 1 aromatic heterocycles. The maximum Gasteiger partial charge on any atom is 0.0723 e. The molecule has 0 spiro atoms. The highest BCUT2D eigenvalue weighted by atomic mass is 35.5. The molecule has 2 heterocycles. The zero-order valence-electron chi connectivity index (χ0n) is 10.2. The average Bonchev–Trinajstić information content (AvgIpc) is 2.91. The highest BCUT2D eigenvalue weighted by molar-refractivity contribution is 6.24. The summed E-state index contributed by atoms with van der Waals surface area (Å²) in [6.45, 7) is 3.44. The van der Waals surface area contributed by atoms with Crippen molar-refractivity contribution in [2.45, 2.75) is 19.4 Å². The molecule has 0 saturated carbocycles. The monoisotopic (exact) mass is 261 g/mol. The van der Waals surface area contributed by atoms with Gasteiger partial charge < -0.3 is 0 Å². The van der Waals surface area contributed by atoms with Gasteiger partial charge in [-0.2, -0.15) is 0 Å². The first-order valence-electron chi connectivity index (χ1n) is 6.33. The van der Waals surface area contributed by atoms with E-state index in [2.05, 4.69) is 26.9 Å². The number of rotatable bonds is 3. The van der Waals surface area contributed by atoms with Gasteiger partial charge in [0.1, 0.15) is 0 Å². The zero-order chi connectivity index (χ0) is 12.4. The average molecular weight is 262 g/mol. The Bertz CT molecular complexity index is 550. The standard InChI is InChI=1S/C14H16ClN3/c15-17-13-4-3-12-7-11(9-16-14(12)8-13)10-18-5-1-2-6-18/h3-4,7-9,17H,1-2,5-6,10H2. The minimum atomic E-state index is 0.879. The molecule has 1 fully saturated rings. The van der Waals surface area contributed by atoms with Crippen molar-refractivity contribution in [1.82, 2.24) is 9.88 Å². The second-order valence-electron chi connectivity index (χ2n) is 4.83. The minimum absolute atomic E-state index is 0.879. The van der Waals surface area contributed by atoms with Gasteiger partial charge in [-0.1, -0.05) is 6.07 Å². The lowest BCUT2D eigenvalue weighted by Crippen LogP contribution is -2.18. The molecule has 0 atom stereocenters. The van der Waals surface area contributed by atoms with Crippen LogP contribution in [0.25, 0.3) is 10.9 Å². The summed E-state index contributed by atoms with van der Waals surface area (Å²) in [5.41, 5.74) is 3.14. The van der Waals surface area contributed by atoms with Crippen molar-refractivity contribution < 1.29 is 0 Å². The Morgan fingerprint density at radius 3 is 2.83 bits per heavy atom. The number of halogens is 1. The number of hydrogen-bond acceptors (Lipinski definition) is 3. The number of fused-ring (bicyclic) bond motifs is 1. The molecule has 0 unspecified atom stereocenters. The molecule has 1 N–H and O–H groups in total. The first-order chi connectivity index (χ1) is 8.85. The summed E-state index contributed by atoms with van der Waals surface area (Å²) in [6, 6.07) is 8.21. The lowest BCUT2D eigenvalue weighted by Gasteiger charge is -2.14. The Hall–Kier alpha value is -1.32. The summed E-state index contributed by atoms with van der Waals surface area (Å²) < 4.78 is 0. The van der Waals surface area contributed by atoms with E-state index in [0.717, 1.165) is 17.7 Å². The molecule has 0 amide bonds. The third-order valence-electron chi connectivity index (χ3n) is 3.45. The predicted molar refractivity (Wildman–Crippen MR) is 75.7 cm³/mol. The van der Waals surface area contributed by atoms with Gasteiger partial charge in [-0.3, -0.25) is 14.7 Å². The molecule has 1 aliphatic heterocycles. The molecule has 1 aliphatic rings. The van der Waals surface area contributed by atoms with Crippen LogP contribution in [0.3, 0.4) is 0 Å². The van der Waals surface area contributed by atoms with Gasteiger partial charge in [-0.05, 0) is 49.7 Å². The van der Waals surface area contributed by atoms with Gasteiger partial charge in [-0.25, -0.2) is 0 Å². The van der Waals surface area contributed by atoms with Crippen LogP contribution in [-0.4, -0.2) is 23.0 Å². The van der Waals surface area contributed by atoms with E-state index in [-0.39, 0.29) is 0 Å². The smallest absolute Gasteiger partial charge is 0.0723 e. The van der Waals surface area contributed by atoms with Crippen LogP contribution in [0.5, 0.6) is 0 Å². The molecule has 3 nitrogen and oxygen atoms in total. The van der Waals surface area contributed by atoms with E-state index >= 15 is 0 Å². The fraction of sp³-hybridized carbons (Fsp3) is 0.357. The van der Waals surface area contributed by atoms with Gasteiger partial charge in [-0.15, -0.1) is 0 Å². The van der Waals surface area contributed by atoms with Crippen molar-refractivity contribution in [3.8, 4) is 0 Å². The maximum atomic E-state index is 5.59. The topological polar surface area (TPSA) is 28.2 Å². The summed E-state index contributed by atoms with van der Waals surface area (Å²) in [4.78, 5) is 9.61. The molecular formula is C14H16ClN3. The van der Waals surface area contributed by atoms with Gasteiger partial charge in [0.25, 0.3) is 0 Å². The number of aromatic nitrogens is 1. The van der Waals surface area contributed by atoms with E-state index in [1.54, 1.807) is 0 Å². The number of nitrogens with zero attached hydrogens (tertiary/aromatic N) is 2. The summed E-state index contributed by atoms with van der Waals surface area (Å²) >= 11 is 5.59. The Kier molecular flexibility index (Phi) is 3.35. The van der Waals surface area contributed by atoms with Crippen LogP contribution in [0.1, 0.15) is 18.4 Å². The molecule has 0 aliphatic carbocycles. The largest absolute Gasteiger partial charge is 0.299 e. The first-order valence-corrected chi connectivity index (χ1v) is 6.71. The molecule has 2 aromatic rings. The maximum absolute atomic E-state index is 5.59. The van der Waals surface area contributed by atoms with E-state index < -0.39 is 0 Å². The van der Waals surface area contributed by atoms with Gasteiger partial charge in [0.05, 0.1) is 11.2 Å². The van der Waals surface area contributed by atoms with Crippen molar-refractivity contribution in [2.24, 2.45) is 0 Å². The van der Waals surface area contributed by atoms with E-state index in [4.69, 9.17) is 11.8 Å². The van der Waals surface area contributed by atoms with Crippen LogP contribution >= 0.6 is 11.8 Å². The number of anilines is 1. The molecule has 18 heavy (non-hydrogen) atoms. The molecule has 94 valence electrons. The number of likely N-dealkylation sites (tertiary alicyclic amines) is 1. The van der Waals surface area contributed by atoms with Crippen LogP contribution < -0.4 is 4.84 Å². The Balaban J connectivity index is 1.86. The lowest BCUT2D eigenvalue weighted by atomic mass is 10.1. The zero-order valence-corrected chi connectivity index (χ0v) is 11.0. The summed E-state index contributed by atoms with van der Waals surface area (Å²) in [6.07, 6.45) is 4.62. The van der Waals surface area contributed by atoms with E-state index in [0.29, 0.717) is 0 Å². The highest BCUT2D eigenvalue weighted by Gasteiger charge is 2.12. The first kappa shape index (κ1) is 11.8.